The summed E-state index contributed by atoms with van der Waals surface area (Å²) in [4.78, 5) is 39.5. The molecule has 2 aliphatic rings. The topological polar surface area (TPSA) is 120 Å². The van der Waals surface area contributed by atoms with E-state index < -0.39 is 0 Å². The van der Waals surface area contributed by atoms with Gasteiger partial charge in [0.2, 0.25) is 11.8 Å². The molecule has 3 aromatic rings. The number of benzene rings is 1. The van der Waals surface area contributed by atoms with Gasteiger partial charge in [-0.1, -0.05) is 36.7 Å². The van der Waals surface area contributed by atoms with Gasteiger partial charge in [-0.3, -0.25) is 14.6 Å². The van der Waals surface area contributed by atoms with Gasteiger partial charge in [0, 0.05) is 44.6 Å². The van der Waals surface area contributed by atoms with E-state index in [1.807, 2.05) is 52.8 Å². The molecule has 0 unspecified atom stereocenters. The minimum Gasteiger partial charge on any atom is -0.359 e. The molecule has 1 atom stereocenters. The quantitative estimate of drug-likeness (QED) is 0.294. The van der Waals surface area contributed by atoms with E-state index in [2.05, 4.69) is 35.6 Å². The molecule has 2 aliphatic heterocycles. The van der Waals surface area contributed by atoms with Crippen molar-refractivity contribution in [3.05, 3.63) is 65.9 Å². The normalized spacial score (nSPS) is 15.4. The number of aromatic nitrogens is 4. The summed E-state index contributed by atoms with van der Waals surface area (Å²) in [6, 6.07) is 9.73. The van der Waals surface area contributed by atoms with E-state index in [0.29, 0.717) is 12.8 Å². The van der Waals surface area contributed by atoms with E-state index in [1.165, 1.54) is 0 Å². The van der Waals surface area contributed by atoms with Crippen LogP contribution >= 0.6 is 11.8 Å². The summed E-state index contributed by atoms with van der Waals surface area (Å²) >= 11 is 1.59. The monoisotopic (exact) mass is 546 g/mol. The second-order valence-corrected chi connectivity index (χ2v) is 10.5. The summed E-state index contributed by atoms with van der Waals surface area (Å²) in [6.45, 7) is 1.75. The van der Waals surface area contributed by atoms with Crippen molar-refractivity contribution in [2.24, 2.45) is 4.99 Å². The summed E-state index contributed by atoms with van der Waals surface area (Å²) in [7, 11) is 1.66. The van der Waals surface area contributed by atoms with E-state index in [-0.39, 0.29) is 17.9 Å². The SMILES string of the molecule is CNC(=O)CCCCC[C@H](NC(=O)CC1=CSC2=NCCCN12)c1ncc(-c2ccc(-n3cccn3)cc2)[nH]1. The van der Waals surface area contributed by atoms with Crippen molar-refractivity contribution >= 4 is 28.7 Å². The highest BCUT2D eigenvalue weighted by atomic mass is 32.2. The van der Waals surface area contributed by atoms with Crippen molar-refractivity contribution in [1.82, 2.24) is 35.3 Å². The number of nitrogens with one attached hydrogen (secondary N) is 3. The number of nitrogens with zero attached hydrogens (tertiary/aromatic N) is 5. The Morgan fingerprint density at radius 1 is 1.15 bits per heavy atom. The lowest BCUT2D eigenvalue weighted by Crippen LogP contribution is -2.34. The largest absolute Gasteiger partial charge is 0.359 e. The number of carbonyl (C=O) groups is 2. The van der Waals surface area contributed by atoms with Crippen LogP contribution in [0.1, 0.15) is 56.8 Å². The average Bonchev–Trinajstić information content (AvgIpc) is 3.74. The van der Waals surface area contributed by atoms with Crippen LogP contribution in [0, 0.1) is 0 Å². The third kappa shape index (κ3) is 6.78. The molecular formula is C28H34N8O2S. The van der Waals surface area contributed by atoms with Crippen molar-refractivity contribution in [3.63, 3.8) is 0 Å². The van der Waals surface area contributed by atoms with Gasteiger partial charge in [-0.15, -0.1) is 0 Å². The predicted octanol–water partition coefficient (Wildman–Crippen LogP) is 4.16. The number of aromatic amines is 1. The first-order valence-corrected chi connectivity index (χ1v) is 14.3. The van der Waals surface area contributed by atoms with Gasteiger partial charge < -0.3 is 20.5 Å². The number of rotatable bonds is 12. The molecule has 11 heteroatoms. The van der Waals surface area contributed by atoms with Crippen LogP contribution in [0.2, 0.25) is 0 Å². The predicted molar refractivity (Wildman–Crippen MR) is 153 cm³/mol. The van der Waals surface area contributed by atoms with Crippen molar-refractivity contribution in [1.29, 1.82) is 0 Å². The maximum Gasteiger partial charge on any atom is 0.226 e. The number of thioether (sulfide) groups is 1. The molecule has 3 N–H and O–H groups in total. The number of carbonyl (C=O) groups excluding carboxylic acids is 2. The van der Waals surface area contributed by atoms with Crippen LogP contribution in [0.15, 0.2) is 65.0 Å². The molecule has 2 amide bonds. The number of hydrogen-bond acceptors (Lipinski definition) is 7. The fourth-order valence-corrected chi connectivity index (χ4v) is 5.73. The number of fused-ring (bicyclic) bond motifs is 1. The van der Waals surface area contributed by atoms with Gasteiger partial charge in [-0.05, 0) is 48.4 Å². The Kier molecular flexibility index (Phi) is 8.77. The Morgan fingerprint density at radius 3 is 2.82 bits per heavy atom. The molecule has 0 aliphatic carbocycles. The van der Waals surface area contributed by atoms with Gasteiger partial charge in [0.1, 0.15) is 5.82 Å². The van der Waals surface area contributed by atoms with Crippen LogP contribution in [-0.4, -0.2) is 61.8 Å². The third-order valence-corrected chi connectivity index (χ3v) is 7.84. The van der Waals surface area contributed by atoms with E-state index in [9.17, 15) is 9.59 Å². The zero-order valence-corrected chi connectivity index (χ0v) is 22.9. The highest BCUT2D eigenvalue weighted by Gasteiger charge is 2.27. The molecule has 1 aromatic carbocycles. The zero-order chi connectivity index (χ0) is 27.0. The van der Waals surface area contributed by atoms with E-state index in [1.54, 1.807) is 25.0 Å². The highest BCUT2D eigenvalue weighted by molar-refractivity contribution is 8.16. The van der Waals surface area contributed by atoms with Gasteiger partial charge in [0.05, 0.1) is 30.0 Å². The van der Waals surface area contributed by atoms with Gasteiger partial charge in [-0.2, -0.15) is 5.10 Å². The molecule has 204 valence electrons. The Morgan fingerprint density at radius 2 is 2.03 bits per heavy atom. The van der Waals surface area contributed by atoms with E-state index in [0.717, 1.165) is 78.8 Å². The third-order valence-electron chi connectivity index (χ3n) is 6.89. The minimum atomic E-state index is -0.251. The second kappa shape index (κ2) is 12.8. The molecule has 0 saturated carbocycles. The fraction of sp³-hybridized carbons (Fsp3) is 0.393. The van der Waals surface area contributed by atoms with Crippen LogP contribution in [0.5, 0.6) is 0 Å². The van der Waals surface area contributed by atoms with Crippen LogP contribution in [-0.2, 0) is 9.59 Å². The number of H-pyrrole nitrogens is 1. The van der Waals surface area contributed by atoms with Crippen molar-refractivity contribution < 1.29 is 9.59 Å². The first kappa shape index (κ1) is 26.7. The zero-order valence-electron chi connectivity index (χ0n) is 22.1. The van der Waals surface area contributed by atoms with Gasteiger partial charge in [0.25, 0.3) is 0 Å². The molecule has 39 heavy (non-hydrogen) atoms. The van der Waals surface area contributed by atoms with Gasteiger partial charge >= 0.3 is 0 Å². The molecule has 0 radical (unpaired) electrons. The molecule has 4 heterocycles. The van der Waals surface area contributed by atoms with Crippen molar-refractivity contribution in [3.8, 4) is 16.9 Å². The summed E-state index contributed by atoms with van der Waals surface area (Å²) in [5, 5.41) is 13.2. The first-order valence-electron chi connectivity index (χ1n) is 13.4. The lowest BCUT2D eigenvalue weighted by Gasteiger charge is -2.25. The number of aliphatic imine (C=N–C) groups is 1. The summed E-state index contributed by atoms with van der Waals surface area (Å²) in [6.07, 6.45) is 10.6. The molecule has 10 nitrogen and oxygen atoms in total. The number of hydrogen-bond donors (Lipinski definition) is 3. The van der Waals surface area contributed by atoms with E-state index >= 15 is 0 Å². The molecule has 5 rings (SSSR count). The average molecular weight is 547 g/mol. The first-order chi connectivity index (χ1) is 19.1. The number of unbranched alkanes of at least 4 members (excludes halogenated alkanes) is 2. The number of imidazole rings is 1. The van der Waals surface area contributed by atoms with Gasteiger partial charge in [-0.25, -0.2) is 9.67 Å². The lowest BCUT2D eigenvalue weighted by molar-refractivity contribution is -0.121. The maximum absolute atomic E-state index is 13.2. The maximum atomic E-state index is 13.2. The standard InChI is InChI=1S/C28H34N8O2S/c1-29-25(37)8-4-2-3-7-23(33-26(38)17-22-19-39-28-30-13-5-15-35(22)28)27-31-18-24(34-27)20-9-11-21(12-10-20)36-16-6-14-32-36/h6,9-12,14,16,18-19,23H,2-5,7-8,13,15,17H2,1H3,(H,29,37)(H,31,34)(H,33,38)/t23-/m0/s1. The summed E-state index contributed by atoms with van der Waals surface area (Å²) in [5.74, 6) is 0.749. The molecule has 0 spiro atoms. The summed E-state index contributed by atoms with van der Waals surface area (Å²) in [5.41, 5.74) is 3.87. The number of amidine groups is 1. The summed E-state index contributed by atoms with van der Waals surface area (Å²) < 4.78 is 1.81. The van der Waals surface area contributed by atoms with Crippen LogP contribution in [0.3, 0.4) is 0 Å². The molecular weight excluding hydrogens is 512 g/mol. The van der Waals surface area contributed by atoms with Crippen molar-refractivity contribution in [2.75, 3.05) is 20.1 Å². The Bertz CT molecular complexity index is 1330. The van der Waals surface area contributed by atoms with Crippen LogP contribution in [0.25, 0.3) is 16.9 Å². The Hall–Kier alpha value is -3.86. The minimum absolute atomic E-state index is 0.0365. The Labute approximate surface area is 232 Å². The molecule has 0 saturated heterocycles. The van der Waals surface area contributed by atoms with Crippen molar-refractivity contribution in [2.45, 2.75) is 51.0 Å². The fourth-order valence-electron chi connectivity index (χ4n) is 4.77. The molecule has 2 aromatic heterocycles. The second-order valence-electron chi connectivity index (χ2n) is 9.65. The highest BCUT2D eigenvalue weighted by Crippen LogP contribution is 2.31. The van der Waals surface area contributed by atoms with E-state index in [4.69, 9.17) is 0 Å². The van der Waals surface area contributed by atoms with Gasteiger partial charge in [0.15, 0.2) is 5.17 Å². The van der Waals surface area contributed by atoms with Crippen LogP contribution in [0.4, 0.5) is 0 Å². The Balaban J connectivity index is 1.25. The molecule has 0 fully saturated rings. The lowest BCUT2D eigenvalue weighted by atomic mass is 10.1. The van der Waals surface area contributed by atoms with Crippen LogP contribution < -0.4 is 10.6 Å². The number of amides is 2. The smallest absolute Gasteiger partial charge is 0.226 e. The molecule has 0 bridgehead atoms.